The van der Waals surface area contributed by atoms with Crippen molar-refractivity contribution in [1.82, 2.24) is 10.4 Å². The fourth-order valence-corrected chi connectivity index (χ4v) is 0.726. The Morgan fingerprint density at radius 2 is 2.17 bits per heavy atom. The number of carbonyl (C=O) groups is 1. The van der Waals surface area contributed by atoms with Crippen molar-refractivity contribution in [2.24, 2.45) is 0 Å². The molecule has 1 unspecified atom stereocenters. The second-order valence-corrected chi connectivity index (χ2v) is 4.45. The molecule has 7 heteroatoms. The number of hydroxylamine groups is 1. The summed E-state index contributed by atoms with van der Waals surface area (Å²) in [6.45, 7) is 1.10. The van der Waals surface area contributed by atoms with Crippen LogP contribution in [0.2, 0.25) is 0 Å². The quantitative estimate of drug-likeness (QED) is 0.464. The molecule has 0 radical (unpaired) electrons. The van der Waals surface area contributed by atoms with Crippen LogP contribution in [0.25, 0.3) is 0 Å². The molecular formula is C5H13N2O4P. The fraction of sp³-hybridized carbons (Fsp3) is 0.800. The third kappa shape index (κ3) is 7.68. The van der Waals surface area contributed by atoms with Gasteiger partial charge in [0.1, 0.15) is 0 Å². The van der Waals surface area contributed by atoms with Crippen LogP contribution in [0.4, 0.5) is 0 Å². The van der Waals surface area contributed by atoms with E-state index in [2.05, 4.69) is 4.62 Å². The highest BCUT2D eigenvalue weighted by molar-refractivity contribution is 7.51. The minimum atomic E-state index is -3.61. The van der Waals surface area contributed by atoms with Crippen molar-refractivity contribution in [3.05, 3.63) is 0 Å². The zero-order chi connectivity index (χ0) is 9.78. The molecule has 0 aromatic carbocycles. The normalized spacial score (nSPS) is 15.8. The van der Waals surface area contributed by atoms with E-state index in [0.29, 0.717) is 0 Å². The highest BCUT2D eigenvalue weighted by Gasteiger charge is 2.12. The molecule has 0 aliphatic rings. The summed E-state index contributed by atoms with van der Waals surface area (Å²) in [6.07, 6.45) is 0. The van der Waals surface area contributed by atoms with Gasteiger partial charge in [-0.15, -0.1) is 0 Å². The molecule has 72 valence electrons. The van der Waals surface area contributed by atoms with Gasteiger partial charge in [-0.1, -0.05) is 0 Å². The van der Waals surface area contributed by atoms with Gasteiger partial charge in [-0.25, -0.2) is 5.48 Å². The van der Waals surface area contributed by atoms with E-state index in [1.54, 1.807) is 19.0 Å². The van der Waals surface area contributed by atoms with Gasteiger partial charge < -0.3 is 9.79 Å². The van der Waals surface area contributed by atoms with Gasteiger partial charge in [0.05, 0.1) is 6.54 Å². The van der Waals surface area contributed by atoms with Crippen LogP contribution in [0, 0.1) is 0 Å². The summed E-state index contributed by atoms with van der Waals surface area (Å²) in [5.41, 5.74) is 1.86. The Morgan fingerprint density at radius 3 is 2.50 bits per heavy atom. The van der Waals surface area contributed by atoms with E-state index in [9.17, 15) is 9.36 Å². The molecule has 6 nitrogen and oxygen atoms in total. The SMILES string of the molecule is CN(C)CC(=O)NOP(C)(=O)O. The summed E-state index contributed by atoms with van der Waals surface area (Å²) in [6, 6.07) is 0. The Bertz CT molecular complexity index is 200. The lowest BCUT2D eigenvalue weighted by Crippen LogP contribution is -2.32. The van der Waals surface area contributed by atoms with Crippen LogP contribution in [0.15, 0.2) is 0 Å². The van der Waals surface area contributed by atoms with Gasteiger partial charge in [-0.3, -0.25) is 9.36 Å². The van der Waals surface area contributed by atoms with E-state index in [0.717, 1.165) is 6.66 Å². The molecule has 12 heavy (non-hydrogen) atoms. The first-order chi connectivity index (χ1) is 5.31. The third-order valence-electron chi connectivity index (χ3n) is 0.789. The zero-order valence-electron chi connectivity index (χ0n) is 7.27. The number of carbonyl (C=O) groups excluding carboxylic acids is 1. The number of nitrogens with one attached hydrogen (secondary N) is 1. The predicted octanol–water partition coefficient (Wildman–Crippen LogP) is -0.589. The number of nitrogens with zero attached hydrogens (tertiary/aromatic N) is 1. The second-order valence-electron chi connectivity index (χ2n) is 2.66. The molecule has 0 rings (SSSR count). The lowest BCUT2D eigenvalue weighted by atomic mass is 10.6. The molecule has 2 N–H and O–H groups in total. The van der Waals surface area contributed by atoms with Crippen LogP contribution in [0.5, 0.6) is 0 Å². The molecule has 1 amide bonds. The number of hydrogen-bond donors (Lipinski definition) is 2. The first-order valence-electron chi connectivity index (χ1n) is 3.23. The van der Waals surface area contributed by atoms with Crippen LogP contribution in [0.3, 0.4) is 0 Å². The number of likely N-dealkylation sites (N-methyl/N-ethyl adjacent to an activating group) is 1. The van der Waals surface area contributed by atoms with Crippen LogP contribution >= 0.6 is 7.60 Å². The summed E-state index contributed by atoms with van der Waals surface area (Å²) in [5.74, 6) is -0.462. The van der Waals surface area contributed by atoms with Gasteiger partial charge in [0.15, 0.2) is 0 Å². The largest absolute Gasteiger partial charge is 0.346 e. The highest BCUT2D eigenvalue weighted by Crippen LogP contribution is 2.34. The maximum atomic E-state index is 10.8. The van der Waals surface area contributed by atoms with E-state index in [4.69, 9.17) is 4.89 Å². The van der Waals surface area contributed by atoms with Crippen molar-refractivity contribution in [3.8, 4) is 0 Å². The van der Waals surface area contributed by atoms with Gasteiger partial charge in [0, 0.05) is 6.66 Å². The second kappa shape index (κ2) is 4.57. The molecule has 0 fully saturated rings. The maximum Gasteiger partial charge on any atom is 0.346 e. The predicted molar refractivity (Wildman–Crippen MR) is 43.5 cm³/mol. The fourth-order valence-electron chi connectivity index (χ4n) is 0.455. The molecule has 0 aromatic rings. The Labute approximate surface area is 71.0 Å². The Balaban J connectivity index is 3.66. The van der Waals surface area contributed by atoms with Crippen LogP contribution in [-0.4, -0.2) is 43.0 Å². The number of rotatable bonds is 4. The van der Waals surface area contributed by atoms with Gasteiger partial charge in [-0.2, -0.15) is 4.62 Å². The summed E-state index contributed by atoms with van der Waals surface area (Å²) >= 11 is 0. The van der Waals surface area contributed by atoms with Crippen molar-refractivity contribution >= 4 is 13.5 Å². The average Bonchev–Trinajstić information content (AvgIpc) is 1.80. The molecule has 0 aliphatic heterocycles. The van der Waals surface area contributed by atoms with E-state index >= 15 is 0 Å². The van der Waals surface area contributed by atoms with Crippen LogP contribution in [0.1, 0.15) is 0 Å². The highest BCUT2D eigenvalue weighted by atomic mass is 31.2. The average molecular weight is 196 g/mol. The first kappa shape index (κ1) is 11.6. The van der Waals surface area contributed by atoms with E-state index in [1.165, 1.54) is 0 Å². The Hall–Kier alpha value is -0.420. The lowest BCUT2D eigenvalue weighted by molar-refractivity contribution is -0.128. The van der Waals surface area contributed by atoms with Crippen LogP contribution in [-0.2, 0) is 14.0 Å². The topological polar surface area (TPSA) is 78.9 Å². The summed E-state index contributed by atoms with van der Waals surface area (Å²) < 4.78 is 14.7. The monoisotopic (exact) mass is 196 g/mol. The van der Waals surface area contributed by atoms with E-state index in [-0.39, 0.29) is 6.54 Å². The summed E-state index contributed by atoms with van der Waals surface area (Å²) in [7, 11) is -0.217. The van der Waals surface area contributed by atoms with Crippen molar-refractivity contribution in [3.63, 3.8) is 0 Å². The molecule has 0 aliphatic carbocycles. The standard InChI is InChI=1S/C5H13N2O4P/c1-7(2)4-5(8)6-11-12(3,9)10/h4H2,1-3H3,(H,6,8)(H,9,10). The minimum Gasteiger partial charge on any atom is -0.323 e. The van der Waals surface area contributed by atoms with Gasteiger partial charge in [0.2, 0.25) is 0 Å². The minimum absolute atomic E-state index is 0.111. The van der Waals surface area contributed by atoms with Crippen molar-refractivity contribution in [1.29, 1.82) is 0 Å². The molecule has 0 saturated heterocycles. The number of hydrogen-bond acceptors (Lipinski definition) is 4. The molecule has 0 bridgehead atoms. The molecule has 0 saturated carbocycles. The smallest absolute Gasteiger partial charge is 0.323 e. The molecule has 0 aromatic heterocycles. The van der Waals surface area contributed by atoms with E-state index < -0.39 is 13.5 Å². The lowest BCUT2D eigenvalue weighted by Gasteiger charge is -2.10. The van der Waals surface area contributed by atoms with Crippen molar-refractivity contribution in [2.45, 2.75) is 0 Å². The van der Waals surface area contributed by atoms with Gasteiger partial charge in [0.25, 0.3) is 5.91 Å². The molecule has 0 spiro atoms. The maximum absolute atomic E-state index is 10.8. The van der Waals surface area contributed by atoms with Crippen molar-refractivity contribution in [2.75, 3.05) is 27.3 Å². The first-order valence-corrected chi connectivity index (χ1v) is 5.26. The van der Waals surface area contributed by atoms with E-state index in [1.807, 2.05) is 5.48 Å². The van der Waals surface area contributed by atoms with Gasteiger partial charge in [-0.05, 0) is 14.1 Å². The summed E-state index contributed by atoms with van der Waals surface area (Å²) in [4.78, 5) is 21.0. The zero-order valence-corrected chi connectivity index (χ0v) is 8.17. The Morgan fingerprint density at radius 1 is 1.67 bits per heavy atom. The molecule has 1 atom stereocenters. The Kier molecular flexibility index (Phi) is 4.41. The molecule has 0 heterocycles. The summed E-state index contributed by atoms with van der Waals surface area (Å²) in [5, 5.41) is 0. The van der Waals surface area contributed by atoms with Crippen molar-refractivity contribution < 1.29 is 18.9 Å². The number of amides is 1. The van der Waals surface area contributed by atoms with Gasteiger partial charge >= 0.3 is 7.60 Å². The van der Waals surface area contributed by atoms with Crippen LogP contribution < -0.4 is 5.48 Å². The third-order valence-corrected chi connectivity index (χ3v) is 1.22. The molecular weight excluding hydrogens is 183 g/mol.